The molecule has 0 aliphatic carbocycles. The number of benzene rings is 1. The minimum absolute atomic E-state index is 0.534. The van der Waals surface area contributed by atoms with Gasteiger partial charge in [0, 0.05) is 15.9 Å². The summed E-state index contributed by atoms with van der Waals surface area (Å²) in [7, 11) is 0. The first kappa shape index (κ1) is 14.4. The molecule has 0 radical (unpaired) electrons. The largest absolute Gasteiger partial charge is 0.419 e. The van der Waals surface area contributed by atoms with Crippen molar-refractivity contribution in [3.05, 3.63) is 56.5 Å². The van der Waals surface area contributed by atoms with Gasteiger partial charge in [0.05, 0.1) is 12.1 Å². The third-order valence-electron chi connectivity index (χ3n) is 3.10. The second kappa shape index (κ2) is 6.51. The molecule has 4 nitrogen and oxygen atoms in total. The average Bonchev–Trinajstić information content (AvgIpc) is 3.10. The van der Waals surface area contributed by atoms with Crippen LogP contribution in [0.2, 0.25) is 0 Å². The van der Waals surface area contributed by atoms with E-state index in [1.807, 2.05) is 24.3 Å². The van der Waals surface area contributed by atoms with Crippen LogP contribution in [-0.2, 0) is 13.1 Å². The standard InChI is InChI=1S/C15H14BrN3OS/c1-10-6-7-21-13(10)8-17-9-14-18-19-15(20-14)11-4-2-3-5-12(11)16/h2-7,17H,8-9H2,1H3. The van der Waals surface area contributed by atoms with Gasteiger partial charge in [-0.15, -0.1) is 21.5 Å². The predicted octanol–water partition coefficient (Wildman–Crippen LogP) is 4.16. The molecule has 3 rings (SSSR count). The number of rotatable bonds is 5. The Kier molecular flexibility index (Phi) is 4.48. The summed E-state index contributed by atoms with van der Waals surface area (Å²) in [6.45, 7) is 3.50. The number of hydrogen-bond acceptors (Lipinski definition) is 5. The Hall–Kier alpha value is -1.50. The maximum absolute atomic E-state index is 5.69. The van der Waals surface area contributed by atoms with E-state index in [4.69, 9.17) is 4.42 Å². The molecule has 0 fully saturated rings. The molecule has 0 aliphatic heterocycles. The minimum atomic E-state index is 0.534. The van der Waals surface area contributed by atoms with Crippen molar-refractivity contribution in [2.24, 2.45) is 0 Å². The van der Waals surface area contributed by atoms with E-state index < -0.39 is 0 Å². The molecule has 21 heavy (non-hydrogen) atoms. The molecular weight excluding hydrogens is 350 g/mol. The monoisotopic (exact) mass is 363 g/mol. The first-order valence-electron chi connectivity index (χ1n) is 6.55. The fourth-order valence-electron chi connectivity index (χ4n) is 1.94. The molecule has 0 spiro atoms. The van der Waals surface area contributed by atoms with Crippen LogP contribution in [0.1, 0.15) is 16.3 Å². The Bertz CT molecular complexity index is 738. The van der Waals surface area contributed by atoms with Crippen molar-refractivity contribution in [2.45, 2.75) is 20.0 Å². The van der Waals surface area contributed by atoms with Gasteiger partial charge in [0.2, 0.25) is 11.8 Å². The molecule has 0 unspecified atom stereocenters. The van der Waals surface area contributed by atoms with Gasteiger partial charge in [-0.3, -0.25) is 0 Å². The Morgan fingerprint density at radius 2 is 2.05 bits per heavy atom. The topological polar surface area (TPSA) is 51.0 Å². The van der Waals surface area contributed by atoms with Crippen LogP contribution in [-0.4, -0.2) is 10.2 Å². The molecule has 1 aromatic carbocycles. The van der Waals surface area contributed by atoms with Gasteiger partial charge < -0.3 is 9.73 Å². The Morgan fingerprint density at radius 3 is 2.81 bits per heavy atom. The highest BCUT2D eigenvalue weighted by molar-refractivity contribution is 9.10. The highest BCUT2D eigenvalue weighted by Gasteiger charge is 2.11. The van der Waals surface area contributed by atoms with Crippen LogP contribution in [0.25, 0.3) is 11.5 Å². The molecule has 0 bridgehead atoms. The molecule has 108 valence electrons. The van der Waals surface area contributed by atoms with Gasteiger partial charge in [-0.05, 0) is 52.0 Å². The normalized spacial score (nSPS) is 11.0. The third kappa shape index (κ3) is 3.40. The zero-order valence-corrected chi connectivity index (χ0v) is 13.9. The number of aryl methyl sites for hydroxylation is 1. The molecule has 0 aliphatic rings. The van der Waals surface area contributed by atoms with Crippen molar-refractivity contribution in [2.75, 3.05) is 0 Å². The maximum atomic E-state index is 5.69. The fourth-order valence-corrected chi connectivity index (χ4v) is 3.27. The molecule has 6 heteroatoms. The van der Waals surface area contributed by atoms with E-state index in [1.54, 1.807) is 11.3 Å². The molecule has 3 aromatic rings. The van der Waals surface area contributed by atoms with Gasteiger partial charge >= 0.3 is 0 Å². The number of nitrogens with zero attached hydrogens (tertiary/aromatic N) is 2. The summed E-state index contributed by atoms with van der Waals surface area (Å²) >= 11 is 5.24. The Labute approximate surface area is 135 Å². The highest BCUT2D eigenvalue weighted by atomic mass is 79.9. The zero-order chi connectivity index (χ0) is 14.7. The van der Waals surface area contributed by atoms with Crippen molar-refractivity contribution in [3.63, 3.8) is 0 Å². The summed E-state index contributed by atoms with van der Waals surface area (Å²) in [6.07, 6.45) is 0. The SMILES string of the molecule is Cc1ccsc1CNCc1nnc(-c2ccccc2Br)o1. The lowest BCUT2D eigenvalue weighted by Crippen LogP contribution is -2.12. The molecule has 0 saturated carbocycles. The summed E-state index contributed by atoms with van der Waals surface area (Å²) in [5.74, 6) is 1.13. The number of thiophene rings is 1. The minimum Gasteiger partial charge on any atom is -0.419 e. The second-order valence-corrected chi connectivity index (χ2v) is 6.47. The Balaban J connectivity index is 1.63. The number of hydrogen-bond donors (Lipinski definition) is 1. The van der Waals surface area contributed by atoms with Crippen LogP contribution in [0.15, 0.2) is 44.6 Å². The van der Waals surface area contributed by atoms with Crippen molar-refractivity contribution >= 4 is 27.3 Å². The van der Waals surface area contributed by atoms with Crippen molar-refractivity contribution in [1.29, 1.82) is 0 Å². The predicted molar refractivity (Wildman–Crippen MR) is 87.0 cm³/mol. The summed E-state index contributed by atoms with van der Waals surface area (Å²) in [5.41, 5.74) is 2.22. The van der Waals surface area contributed by atoms with Crippen LogP contribution in [0.4, 0.5) is 0 Å². The van der Waals surface area contributed by atoms with E-state index >= 15 is 0 Å². The van der Waals surface area contributed by atoms with Crippen LogP contribution in [0.5, 0.6) is 0 Å². The van der Waals surface area contributed by atoms with Crippen LogP contribution in [0.3, 0.4) is 0 Å². The van der Waals surface area contributed by atoms with Crippen LogP contribution < -0.4 is 5.32 Å². The average molecular weight is 364 g/mol. The lowest BCUT2D eigenvalue weighted by atomic mass is 10.2. The second-order valence-electron chi connectivity index (χ2n) is 4.61. The molecule has 2 heterocycles. The summed E-state index contributed by atoms with van der Waals surface area (Å²) < 4.78 is 6.64. The lowest BCUT2D eigenvalue weighted by molar-refractivity contribution is 0.477. The lowest BCUT2D eigenvalue weighted by Gasteiger charge is -2.01. The van der Waals surface area contributed by atoms with Crippen molar-refractivity contribution in [1.82, 2.24) is 15.5 Å². The van der Waals surface area contributed by atoms with E-state index in [-0.39, 0.29) is 0 Å². The van der Waals surface area contributed by atoms with Gasteiger partial charge in [0.25, 0.3) is 0 Å². The molecular formula is C15H14BrN3OS. The quantitative estimate of drug-likeness (QED) is 0.739. The van der Waals surface area contributed by atoms with E-state index in [9.17, 15) is 0 Å². The molecule has 0 amide bonds. The van der Waals surface area contributed by atoms with Gasteiger partial charge in [0.1, 0.15) is 0 Å². The first-order chi connectivity index (χ1) is 10.2. The fraction of sp³-hybridized carbons (Fsp3) is 0.200. The molecule has 0 saturated heterocycles. The maximum Gasteiger partial charge on any atom is 0.248 e. The number of halogens is 1. The van der Waals surface area contributed by atoms with E-state index in [0.717, 1.165) is 16.6 Å². The zero-order valence-electron chi connectivity index (χ0n) is 11.5. The van der Waals surface area contributed by atoms with Crippen molar-refractivity contribution < 1.29 is 4.42 Å². The van der Waals surface area contributed by atoms with Crippen molar-refractivity contribution in [3.8, 4) is 11.5 Å². The van der Waals surface area contributed by atoms with Gasteiger partial charge in [-0.2, -0.15) is 0 Å². The summed E-state index contributed by atoms with van der Waals surface area (Å²) in [4.78, 5) is 1.33. The third-order valence-corrected chi connectivity index (χ3v) is 4.82. The molecule has 0 atom stereocenters. The first-order valence-corrected chi connectivity index (χ1v) is 8.22. The van der Waals surface area contributed by atoms with E-state index in [2.05, 4.69) is 49.8 Å². The number of aromatic nitrogens is 2. The van der Waals surface area contributed by atoms with Crippen LogP contribution >= 0.6 is 27.3 Å². The van der Waals surface area contributed by atoms with E-state index in [0.29, 0.717) is 18.3 Å². The van der Waals surface area contributed by atoms with E-state index in [1.165, 1.54) is 10.4 Å². The summed E-state index contributed by atoms with van der Waals surface area (Å²) in [6, 6.07) is 9.93. The smallest absolute Gasteiger partial charge is 0.248 e. The molecule has 2 aromatic heterocycles. The Morgan fingerprint density at radius 1 is 1.19 bits per heavy atom. The van der Waals surface area contributed by atoms with Crippen LogP contribution in [0, 0.1) is 6.92 Å². The summed E-state index contributed by atoms with van der Waals surface area (Å²) in [5, 5.41) is 13.6. The van der Waals surface area contributed by atoms with Gasteiger partial charge in [0.15, 0.2) is 0 Å². The molecule has 1 N–H and O–H groups in total. The highest BCUT2D eigenvalue weighted by Crippen LogP contribution is 2.26. The van der Waals surface area contributed by atoms with Gasteiger partial charge in [-0.1, -0.05) is 12.1 Å². The van der Waals surface area contributed by atoms with Gasteiger partial charge in [-0.25, -0.2) is 0 Å². The number of nitrogens with one attached hydrogen (secondary N) is 1.